The molecule has 2 N–H and O–H groups in total. The van der Waals surface area contributed by atoms with E-state index in [0.717, 1.165) is 12.8 Å². The zero-order valence-corrected chi connectivity index (χ0v) is 7.41. The molecule has 1 fully saturated rings. The third-order valence-electron chi connectivity index (χ3n) is 2.03. The highest BCUT2D eigenvalue weighted by Crippen LogP contribution is 2.18. The van der Waals surface area contributed by atoms with E-state index in [1.807, 2.05) is 13.8 Å². The van der Waals surface area contributed by atoms with Gasteiger partial charge < -0.3 is 15.2 Å². The second kappa shape index (κ2) is 3.76. The van der Waals surface area contributed by atoms with Crippen LogP contribution in [0, 0.1) is 0 Å². The molecule has 0 aromatic heterocycles. The smallest absolute Gasteiger partial charge is 0.404 e. The van der Waals surface area contributed by atoms with Crippen molar-refractivity contribution < 1.29 is 14.6 Å². The average molecular weight is 173 g/mol. The maximum Gasteiger partial charge on any atom is 0.404 e. The number of hydrogen-bond donors (Lipinski definition) is 2. The molecule has 2 unspecified atom stereocenters. The Labute approximate surface area is 71.9 Å². The van der Waals surface area contributed by atoms with Gasteiger partial charge in [0.1, 0.15) is 0 Å². The van der Waals surface area contributed by atoms with Gasteiger partial charge in [-0.2, -0.15) is 0 Å². The van der Waals surface area contributed by atoms with Crippen LogP contribution in [0.25, 0.3) is 0 Å². The molecule has 0 aliphatic carbocycles. The Morgan fingerprint density at radius 1 is 1.42 bits per heavy atom. The molecule has 0 aromatic carbocycles. The molecular weight excluding hydrogens is 158 g/mol. The number of nitrogens with one attached hydrogen (secondary N) is 1. The minimum Gasteiger partial charge on any atom is -0.465 e. The summed E-state index contributed by atoms with van der Waals surface area (Å²) < 4.78 is 5.47. The fourth-order valence-corrected chi connectivity index (χ4v) is 1.70. The van der Waals surface area contributed by atoms with Gasteiger partial charge in [-0.3, -0.25) is 0 Å². The van der Waals surface area contributed by atoms with Crippen LogP contribution >= 0.6 is 0 Å². The van der Waals surface area contributed by atoms with Crippen molar-refractivity contribution in [3.8, 4) is 0 Å². The quantitative estimate of drug-likeness (QED) is 0.626. The number of ether oxygens (including phenoxy) is 1. The van der Waals surface area contributed by atoms with E-state index in [0.29, 0.717) is 0 Å². The van der Waals surface area contributed by atoms with Crippen LogP contribution in [-0.4, -0.2) is 29.4 Å². The second-order valence-corrected chi connectivity index (χ2v) is 3.38. The summed E-state index contributed by atoms with van der Waals surface area (Å²) in [4.78, 5) is 10.3. The number of amides is 1. The lowest BCUT2D eigenvalue weighted by molar-refractivity contribution is -0.0409. The molecule has 4 heteroatoms. The van der Waals surface area contributed by atoms with Gasteiger partial charge in [-0.1, -0.05) is 0 Å². The van der Waals surface area contributed by atoms with E-state index in [2.05, 4.69) is 5.32 Å². The zero-order valence-electron chi connectivity index (χ0n) is 7.41. The van der Waals surface area contributed by atoms with Gasteiger partial charge in [-0.25, -0.2) is 4.79 Å². The Kier molecular flexibility index (Phi) is 2.92. The minimum atomic E-state index is -0.943. The Morgan fingerprint density at radius 3 is 2.33 bits per heavy atom. The van der Waals surface area contributed by atoms with Crippen molar-refractivity contribution in [2.24, 2.45) is 0 Å². The van der Waals surface area contributed by atoms with Crippen LogP contribution in [0.4, 0.5) is 4.79 Å². The molecule has 12 heavy (non-hydrogen) atoms. The molecule has 1 aliphatic heterocycles. The Hall–Kier alpha value is -0.770. The summed E-state index contributed by atoms with van der Waals surface area (Å²) in [6, 6.07) is 0.0567. The Bertz CT molecular complexity index is 162. The molecule has 1 saturated heterocycles. The zero-order chi connectivity index (χ0) is 9.14. The standard InChI is InChI=1S/C8H15NO3/c1-5-3-7(9-8(10)11)4-6(2)12-5/h5-7,9H,3-4H2,1-2H3,(H,10,11). The van der Waals surface area contributed by atoms with Crippen molar-refractivity contribution in [2.75, 3.05) is 0 Å². The molecule has 1 heterocycles. The Balaban J connectivity index is 2.38. The van der Waals surface area contributed by atoms with E-state index in [1.165, 1.54) is 0 Å². The summed E-state index contributed by atoms with van der Waals surface area (Å²) in [5, 5.41) is 11.0. The van der Waals surface area contributed by atoms with Crippen LogP contribution < -0.4 is 5.32 Å². The lowest BCUT2D eigenvalue weighted by Crippen LogP contribution is -2.43. The fourth-order valence-electron chi connectivity index (χ4n) is 1.70. The first-order valence-electron chi connectivity index (χ1n) is 4.23. The maximum absolute atomic E-state index is 10.3. The third-order valence-corrected chi connectivity index (χ3v) is 2.03. The molecule has 0 radical (unpaired) electrons. The van der Waals surface area contributed by atoms with Gasteiger partial charge in [0.15, 0.2) is 0 Å². The van der Waals surface area contributed by atoms with Crippen molar-refractivity contribution >= 4 is 6.09 Å². The van der Waals surface area contributed by atoms with E-state index in [4.69, 9.17) is 9.84 Å². The fraction of sp³-hybridized carbons (Fsp3) is 0.875. The van der Waals surface area contributed by atoms with E-state index < -0.39 is 6.09 Å². The van der Waals surface area contributed by atoms with Gasteiger partial charge in [0.25, 0.3) is 0 Å². The first kappa shape index (κ1) is 9.32. The molecule has 1 rings (SSSR count). The summed E-state index contributed by atoms with van der Waals surface area (Å²) in [6.07, 6.45) is 0.922. The molecule has 0 bridgehead atoms. The second-order valence-electron chi connectivity index (χ2n) is 3.38. The molecule has 70 valence electrons. The summed E-state index contributed by atoms with van der Waals surface area (Å²) in [5.74, 6) is 0. The van der Waals surface area contributed by atoms with Crippen molar-refractivity contribution in [2.45, 2.75) is 44.9 Å². The van der Waals surface area contributed by atoms with Crippen LogP contribution in [-0.2, 0) is 4.74 Å². The van der Waals surface area contributed by atoms with E-state index in [9.17, 15) is 4.79 Å². The first-order valence-corrected chi connectivity index (χ1v) is 4.23. The van der Waals surface area contributed by atoms with Crippen molar-refractivity contribution in [1.82, 2.24) is 5.32 Å². The number of hydrogen-bond acceptors (Lipinski definition) is 2. The maximum atomic E-state index is 10.3. The van der Waals surface area contributed by atoms with Crippen LogP contribution in [0.1, 0.15) is 26.7 Å². The summed E-state index contributed by atoms with van der Waals surface area (Å²) >= 11 is 0. The van der Waals surface area contributed by atoms with Crippen molar-refractivity contribution in [1.29, 1.82) is 0 Å². The normalized spacial score (nSPS) is 36.0. The average Bonchev–Trinajstić information content (AvgIpc) is 1.81. The van der Waals surface area contributed by atoms with Gasteiger partial charge in [-0.15, -0.1) is 0 Å². The lowest BCUT2D eigenvalue weighted by Gasteiger charge is -2.31. The Morgan fingerprint density at radius 2 is 1.92 bits per heavy atom. The molecular formula is C8H15NO3. The van der Waals surface area contributed by atoms with Crippen molar-refractivity contribution in [3.05, 3.63) is 0 Å². The van der Waals surface area contributed by atoms with Crippen molar-refractivity contribution in [3.63, 3.8) is 0 Å². The van der Waals surface area contributed by atoms with E-state index in [-0.39, 0.29) is 18.2 Å². The molecule has 1 aliphatic rings. The van der Waals surface area contributed by atoms with Gasteiger partial charge in [0, 0.05) is 6.04 Å². The van der Waals surface area contributed by atoms with Gasteiger partial charge in [-0.05, 0) is 26.7 Å². The summed E-state index contributed by atoms with van der Waals surface area (Å²) in [7, 11) is 0. The highest BCUT2D eigenvalue weighted by molar-refractivity contribution is 5.64. The first-order chi connectivity index (χ1) is 5.58. The van der Waals surface area contributed by atoms with E-state index in [1.54, 1.807) is 0 Å². The van der Waals surface area contributed by atoms with Crippen LogP contribution in [0.3, 0.4) is 0 Å². The van der Waals surface area contributed by atoms with Crippen LogP contribution in [0.2, 0.25) is 0 Å². The highest BCUT2D eigenvalue weighted by Gasteiger charge is 2.25. The molecule has 1 amide bonds. The molecule has 0 aromatic rings. The molecule has 4 nitrogen and oxygen atoms in total. The predicted octanol–water partition coefficient (Wildman–Crippen LogP) is 1.21. The topological polar surface area (TPSA) is 58.6 Å². The van der Waals surface area contributed by atoms with Crippen LogP contribution in [0.15, 0.2) is 0 Å². The largest absolute Gasteiger partial charge is 0.465 e. The number of carbonyl (C=O) groups is 1. The number of rotatable bonds is 1. The minimum absolute atomic E-state index is 0.0567. The van der Waals surface area contributed by atoms with Gasteiger partial charge in [0.05, 0.1) is 12.2 Å². The monoisotopic (exact) mass is 173 g/mol. The predicted molar refractivity (Wildman–Crippen MR) is 44.2 cm³/mol. The summed E-state index contributed by atoms with van der Waals surface area (Å²) in [5.41, 5.74) is 0. The molecule has 0 saturated carbocycles. The van der Waals surface area contributed by atoms with Gasteiger partial charge >= 0.3 is 6.09 Å². The lowest BCUT2D eigenvalue weighted by atomic mass is 10.0. The van der Waals surface area contributed by atoms with Gasteiger partial charge in [0.2, 0.25) is 0 Å². The SMILES string of the molecule is CC1CC(NC(=O)O)CC(C)O1. The molecule has 2 atom stereocenters. The van der Waals surface area contributed by atoms with E-state index >= 15 is 0 Å². The highest BCUT2D eigenvalue weighted by atomic mass is 16.5. The van der Waals surface area contributed by atoms with Crippen LogP contribution in [0.5, 0.6) is 0 Å². The third kappa shape index (κ3) is 2.70. The molecule has 0 spiro atoms. The summed E-state index contributed by atoms with van der Waals surface area (Å²) in [6.45, 7) is 3.93. The number of carboxylic acid groups (broad SMARTS) is 1.